The number of halogens is 1. The molecule has 0 unspecified atom stereocenters. The van der Waals surface area contributed by atoms with Crippen LogP contribution in [0.15, 0.2) is 10.7 Å². The van der Waals surface area contributed by atoms with Crippen molar-refractivity contribution in [3.8, 4) is 0 Å². The van der Waals surface area contributed by atoms with Gasteiger partial charge in [-0.05, 0) is 6.92 Å². The Morgan fingerprint density at radius 3 is 2.91 bits per heavy atom. The molecule has 62 valence electrons. The van der Waals surface area contributed by atoms with E-state index in [1.54, 1.807) is 6.92 Å². The van der Waals surface area contributed by atoms with Gasteiger partial charge in [0.15, 0.2) is 0 Å². The maximum absolute atomic E-state index is 10.8. The lowest BCUT2D eigenvalue weighted by atomic mass is 10.2. The van der Waals surface area contributed by atoms with Crippen LogP contribution in [0.1, 0.15) is 17.5 Å². The number of nitrogens with two attached hydrogens (primary N) is 1. The first-order valence-corrected chi connectivity index (χ1v) is 2.90. The predicted octanol–water partition coefficient (Wildman–Crippen LogP) is -2.76. The Labute approximate surface area is 71.6 Å². The van der Waals surface area contributed by atoms with Gasteiger partial charge in [0.25, 0.3) is 0 Å². The van der Waals surface area contributed by atoms with E-state index in [1.165, 1.54) is 6.20 Å². The number of aromatic nitrogens is 1. The Hall–Kier alpha value is -0.870. The molecule has 0 amide bonds. The third-order valence-electron chi connectivity index (χ3n) is 1.19. The fourth-order valence-electron chi connectivity index (χ4n) is 0.652. The molecular formula is C6H9ClN2O2. The van der Waals surface area contributed by atoms with E-state index in [2.05, 4.69) is 9.68 Å². The number of rotatable bonds is 2. The smallest absolute Gasteiger partial charge is 1.00 e. The van der Waals surface area contributed by atoms with Gasteiger partial charge in [-0.1, -0.05) is 5.16 Å². The Morgan fingerprint density at radius 2 is 2.55 bits per heavy atom. The second-order valence-corrected chi connectivity index (χ2v) is 1.97. The summed E-state index contributed by atoms with van der Waals surface area (Å²) < 4.78 is 4.64. The quantitative estimate of drug-likeness (QED) is 0.496. The van der Waals surface area contributed by atoms with E-state index in [4.69, 9.17) is 5.73 Å². The maximum Gasteiger partial charge on any atom is 1.00 e. The molecule has 5 heteroatoms. The van der Waals surface area contributed by atoms with Gasteiger partial charge in [0.2, 0.25) is 11.5 Å². The number of Topliss-reactive ketones (excluding diaryl/α,β-unsaturated/α-hetero) is 1. The average molecular weight is 177 g/mol. The van der Waals surface area contributed by atoms with Gasteiger partial charge >= 0.3 is 1.43 Å². The molecule has 0 aliphatic rings. The fourth-order valence-corrected chi connectivity index (χ4v) is 0.652. The summed E-state index contributed by atoms with van der Waals surface area (Å²) in [5.41, 5.74) is 5.83. The lowest BCUT2D eigenvalue weighted by molar-refractivity contribution is -0.00001000. The first-order chi connectivity index (χ1) is 4.75. The van der Waals surface area contributed by atoms with Crippen LogP contribution >= 0.6 is 0 Å². The number of aryl methyl sites for hydroxylation is 1. The van der Waals surface area contributed by atoms with Crippen molar-refractivity contribution in [1.82, 2.24) is 5.16 Å². The summed E-state index contributed by atoms with van der Waals surface area (Å²) in [4.78, 5) is 10.8. The summed E-state index contributed by atoms with van der Waals surface area (Å²) in [6, 6.07) is 0. The Kier molecular flexibility index (Phi) is 3.78. The van der Waals surface area contributed by atoms with Gasteiger partial charge in [-0.3, -0.25) is 4.79 Å². The normalized spacial score (nSPS) is 8.91. The lowest BCUT2D eigenvalue weighted by Crippen LogP contribution is -3.00. The highest BCUT2D eigenvalue weighted by molar-refractivity contribution is 5.95. The van der Waals surface area contributed by atoms with Crippen LogP contribution in [0, 0.1) is 6.92 Å². The minimum absolute atomic E-state index is 0. The van der Waals surface area contributed by atoms with Crippen molar-refractivity contribution >= 4 is 5.78 Å². The molecule has 1 heterocycles. The SMILES string of the molecule is Cc1cnoc1C(=O)CN.[Cl-].[H+]. The summed E-state index contributed by atoms with van der Waals surface area (Å²) >= 11 is 0. The predicted molar refractivity (Wildman–Crippen MR) is 35.7 cm³/mol. The number of nitrogens with zero attached hydrogens (tertiary/aromatic N) is 1. The Bertz CT molecular complexity index is 251. The van der Waals surface area contributed by atoms with Gasteiger partial charge in [0.05, 0.1) is 12.7 Å². The molecule has 1 aromatic heterocycles. The Balaban J connectivity index is 0. The van der Waals surface area contributed by atoms with E-state index in [0.29, 0.717) is 0 Å². The van der Waals surface area contributed by atoms with E-state index in [-0.39, 0.29) is 31.9 Å². The van der Waals surface area contributed by atoms with Crippen LogP contribution in [0.2, 0.25) is 0 Å². The maximum atomic E-state index is 10.8. The molecule has 0 fully saturated rings. The highest BCUT2D eigenvalue weighted by atomic mass is 35.5. The van der Waals surface area contributed by atoms with E-state index >= 15 is 0 Å². The zero-order chi connectivity index (χ0) is 7.56. The van der Waals surface area contributed by atoms with Gasteiger partial charge in [0.1, 0.15) is 0 Å². The summed E-state index contributed by atoms with van der Waals surface area (Å²) in [5, 5.41) is 3.44. The van der Waals surface area contributed by atoms with Crippen molar-refractivity contribution in [2.45, 2.75) is 6.92 Å². The second-order valence-electron chi connectivity index (χ2n) is 1.97. The largest absolute Gasteiger partial charge is 1.00 e. The molecule has 2 N–H and O–H groups in total. The van der Waals surface area contributed by atoms with Crippen molar-refractivity contribution in [2.75, 3.05) is 6.54 Å². The van der Waals surface area contributed by atoms with Crippen LogP contribution in [0.25, 0.3) is 0 Å². The summed E-state index contributed by atoms with van der Waals surface area (Å²) in [6.45, 7) is 1.72. The number of hydrogen-bond donors (Lipinski definition) is 1. The average Bonchev–Trinajstić information content (AvgIpc) is 2.34. The summed E-state index contributed by atoms with van der Waals surface area (Å²) in [7, 11) is 0. The number of carbonyl (C=O) groups excluding carboxylic acids is 1. The summed E-state index contributed by atoms with van der Waals surface area (Å²) in [5.74, 6) is 0.0532. The van der Waals surface area contributed by atoms with Gasteiger partial charge in [-0.15, -0.1) is 0 Å². The molecule has 0 aliphatic heterocycles. The van der Waals surface area contributed by atoms with Crippen LogP contribution in [0.3, 0.4) is 0 Å². The topological polar surface area (TPSA) is 69.1 Å². The molecule has 0 atom stereocenters. The summed E-state index contributed by atoms with van der Waals surface area (Å²) in [6.07, 6.45) is 1.49. The molecule has 4 nitrogen and oxygen atoms in total. The standard InChI is InChI=1S/C6H8N2O2.ClH/c1-4-3-8-10-6(4)5(9)2-7;/h3H,2,7H2,1H3;1H. The van der Waals surface area contributed by atoms with E-state index in [0.717, 1.165) is 5.56 Å². The number of hydrogen-bond acceptors (Lipinski definition) is 4. The van der Waals surface area contributed by atoms with Crippen LogP contribution < -0.4 is 18.1 Å². The van der Waals surface area contributed by atoms with Crippen molar-refractivity contribution in [1.29, 1.82) is 0 Å². The molecule has 11 heavy (non-hydrogen) atoms. The van der Waals surface area contributed by atoms with Crippen molar-refractivity contribution in [3.05, 3.63) is 17.5 Å². The van der Waals surface area contributed by atoms with E-state index in [1.807, 2.05) is 0 Å². The molecule has 1 aromatic rings. The molecule has 0 aliphatic carbocycles. The monoisotopic (exact) mass is 176 g/mol. The van der Waals surface area contributed by atoms with Crippen molar-refractivity contribution in [2.24, 2.45) is 5.73 Å². The van der Waals surface area contributed by atoms with Crippen molar-refractivity contribution < 1.29 is 23.2 Å². The zero-order valence-electron chi connectivity index (χ0n) is 7.00. The van der Waals surface area contributed by atoms with Gasteiger partial charge in [-0.2, -0.15) is 0 Å². The highest BCUT2D eigenvalue weighted by Gasteiger charge is 2.10. The second kappa shape index (κ2) is 4.10. The van der Waals surface area contributed by atoms with Crippen LogP contribution in [0.5, 0.6) is 0 Å². The number of ketones is 1. The van der Waals surface area contributed by atoms with Crippen LogP contribution in [-0.2, 0) is 0 Å². The van der Waals surface area contributed by atoms with Crippen LogP contribution in [0.4, 0.5) is 0 Å². The number of carbonyl (C=O) groups is 1. The molecule has 0 radical (unpaired) electrons. The fraction of sp³-hybridized carbons (Fsp3) is 0.333. The third kappa shape index (κ3) is 2.03. The molecule has 0 saturated carbocycles. The molecule has 0 bridgehead atoms. The minimum atomic E-state index is -0.213. The molecule has 0 aromatic carbocycles. The molecule has 0 saturated heterocycles. The first kappa shape index (κ1) is 10.1. The minimum Gasteiger partial charge on any atom is -1.00 e. The zero-order valence-corrected chi connectivity index (χ0v) is 6.76. The van der Waals surface area contributed by atoms with Gasteiger partial charge in [-0.25, -0.2) is 0 Å². The highest BCUT2D eigenvalue weighted by Crippen LogP contribution is 2.05. The molecule has 0 spiro atoms. The third-order valence-corrected chi connectivity index (χ3v) is 1.19. The Morgan fingerprint density at radius 1 is 1.91 bits per heavy atom. The first-order valence-electron chi connectivity index (χ1n) is 2.90. The molecule has 1 rings (SSSR count). The van der Waals surface area contributed by atoms with E-state index in [9.17, 15) is 4.79 Å². The van der Waals surface area contributed by atoms with Crippen LogP contribution in [-0.4, -0.2) is 17.5 Å². The molecular weight excluding hydrogens is 168 g/mol. The van der Waals surface area contributed by atoms with Gasteiger partial charge < -0.3 is 22.7 Å². The van der Waals surface area contributed by atoms with Gasteiger partial charge in [0, 0.05) is 5.56 Å². The van der Waals surface area contributed by atoms with E-state index < -0.39 is 0 Å². The van der Waals surface area contributed by atoms with Crippen molar-refractivity contribution in [3.63, 3.8) is 0 Å². The lowest BCUT2D eigenvalue weighted by Gasteiger charge is -1.89.